The van der Waals surface area contributed by atoms with E-state index in [2.05, 4.69) is 26.7 Å². The molecule has 2 aromatic carbocycles. The number of anilines is 1. The largest absolute Gasteiger partial charge is 0.465 e. The molecule has 1 atom stereocenters. The number of fused-ring (bicyclic) bond motifs is 1. The lowest BCUT2D eigenvalue weighted by atomic mass is 10.1. The lowest BCUT2D eigenvalue weighted by Crippen LogP contribution is -2.51. The van der Waals surface area contributed by atoms with Crippen LogP contribution in [0.3, 0.4) is 0 Å². The molecular formula is C22H23ClN4O3. The van der Waals surface area contributed by atoms with Gasteiger partial charge in [-0.15, -0.1) is 0 Å². The molecule has 1 aliphatic rings. The van der Waals surface area contributed by atoms with Crippen LogP contribution in [-0.2, 0) is 11.3 Å². The number of hydrogen-bond acceptors (Lipinski definition) is 6. The van der Waals surface area contributed by atoms with Crippen molar-refractivity contribution in [2.75, 3.05) is 31.6 Å². The van der Waals surface area contributed by atoms with Gasteiger partial charge in [0, 0.05) is 36.4 Å². The zero-order valence-electron chi connectivity index (χ0n) is 16.9. The Morgan fingerprint density at radius 1 is 1.23 bits per heavy atom. The maximum absolute atomic E-state index is 12.4. The Morgan fingerprint density at radius 3 is 2.70 bits per heavy atom. The monoisotopic (exact) mass is 426 g/mol. The summed E-state index contributed by atoms with van der Waals surface area (Å²) in [5, 5.41) is 1.02. The Kier molecular flexibility index (Phi) is 5.74. The Morgan fingerprint density at radius 2 is 2.00 bits per heavy atom. The number of halogens is 1. The molecule has 1 saturated heterocycles. The van der Waals surface area contributed by atoms with E-state index in [9.17, 15) is 9.59 Å². The number of rotatable bonds is 4. The summed E-state index contributed by atoms with van der Waals surface area (Å²) < 4.78 is 4.75. The van der Waals surface area contributed by atoms with E-state index in [0.29, 0.717) is 33.9 Å². The number of piperazine rings is 1. The van der Waals surface area contributed by atoms with Crippen molar-refractivity contribution >= 4 is 34.2 Å². The predicted molar refractivity (Wildman–Crippen MR) is 117 cm³/mol. The fraction of sp³-hybridized carbons (Fsp3) is 0.318. The molecule has 30 heavy (non-hydrogen) atoms. The molecule has 3 aromatic rings. The number of carbonyl (C=O) groups is 1. The van der Waals surface area contributed by atoms with E-state index in [4.69, 9.17) is 16.3 Å². The first kappa shape index (κ1) is 20.4. The van der Waals surface area contributed by atoms with Crippen molar-refractivity contribution in [3.8, 4) is 0 Å². The second-order valence-electron chi connectivity index (χ2n) is 7.48. The molecular weight excluding hydrogens is 404 g/mol. The molecule has 1 unspecified atom stereocenters. The standard InChI is InChI=1S/C22H23ClN4O3/c1-14-12-27(17-6-3-15(4-7-17)22(29)30-2)10-9-26(14)13-20-24-19-8-5-16(23)11-18(19)21(28)25-20/h3-8,11,14H,9-10,12-13H2,1-2H3,(H,24,25,28). The third kappa shape index (κ3) is 4.17. The summed E-state index contributed by atoms with van der Waals surface area (Å²) in [5.41, 5.74) is 2.09. The summed E-state index contributed by atoms with van der Waals surface area (Å²) in [6.07, 6.45) is 0. The van der Waals surface area contributed by atoms with E-state index in [0.717, 1.165) is 25.3 Å². The predicted octanol–water partition coefficient (Wildman–Crippen LogP) is 3.07. The maximum atomic E-state index is 12.4. The van der Waals surface area contributed by atoms with Gasteiger partial charge >= 0.3 is 5.97 Å². The Labute approximate surface area is 179 Å². The van der Waals surface area contributed by atoms with E-state index in [1.165, 1.54) is 7.11 Å². The Balaban J connectivity index is 1.45. The van der Waals surface area contributed by atoms with Gasteiger partial charge in [-0.3, -0.25) is 9.69 Å². The van der Waals surface area contributed by atoms with Gasteiger partial charge in [0.25, 0.3) is 5.56 Å². The smallest absolute Gasteiger partial charge is 0.337 e. The summed E-state index contributed by atoms with van der Waals surface area (Å²) in [4.78, 5) is 36.1. The highest BCUT2D eigenvalue weighted by atomic mass is 35.5. The van der Waals surface area contributed by atoms with Crippen LogP contribution in [0.2, 0.25) is 5.02 Å². The quantitative estimate of drug-likeness (QED) is 0.646. The SMILES string of the molecule is COC(=O)c1ccc(N2CCN(Cc3nc4ccc(Cl)cc4c(=O)[nH]3)C(C)C2)cc1. The lowest BCUT2D eigenvalue weighted by Gasteiger charge is -2.40. The summed E-state index contributed by atoms with van der Waals surface area (Å²) in [7, 11) is 1.38. The van der Waals surface area contributed by atoms with Crippen molar-refractivity contribution in [2.45, 2.75) is 19.5 Å². The summed E-state index contributed by atoms with van der Waals surface area (Å²) in [6, 6.07) is 12.9. The van der Waals surface area contributed by atoms with Crippen molar-refractivity contribution in [2.24, 2.45) is 0 Å². The average Bonchev–Trinajstić information content (AvgIpc) is 2.75. The number of aromatic amines is 1. The number of carbonyl (C=O) groups excluding carboxylic acids is 1. The van der Waals surface area contributed by atoms with Crippen LogP contribution in [-0.4, -0.2) is 53.6 Å². The van der Waals surface area contributed by atoms with Gasteiger partial charge in [-0.05, 0) is 49.4 Å². The van der Waals surface area contributed by atoms with Crippen LogP contribution >= 0.6 is 11.6 Å². The van der Waals surface area contributed by atoms with E-state index in [1.807, 2.05) is 12.1 Å². The zero-order chi connectivity index (χ0) is 21.3. The third-order valence-corrected chi connectivity index (χ3v) is 5.72. The topological polar surface area (TPSA) is 78.5 Å². The van der Waals surface area contributed by atoms with Gasteiger partial charge in [-0.1, -0.05) is 11.6 Å². The molecule has 8 heteroatoms. The molecule has 0 amide bonds. The van der Waals surface area contributed by atoms with E-state index in [-0.39, 0.29) is 17.6 Å². The summed E-state index contributed by atoms with van der Waals surface area (Å²) in [6.45, 7) is 5.25. The molecule has 0 saturated carbocycles. The summed E-state index contributed by atoms with van der Waals surface area (Å²) in [5.74, 6) is 0.316. The fourth-order valence-corrected chi connectivity index (χ4v) is 3.99. The normalized spacial score (nSPS) is 17.3. The van der Waals surface area contributed by atoms with Crippen molar-refractivity contribution in [3.05, 3.63) is 69.2 Å². The molecule has 0 spiro atoms. The van der Waals surface area contributed by atoms with E-state index >= 15 is 0 Å². The molecule has 1 aromatic heterocycles. The summed E-state index contributed by atoms with van der Waals surface area (Å²) >= 11 is 5.98. The highest BCUT2D eigenvalue weighted by Gasteiger charge is 2.25. The molecule has 4 rings (SSSR count). The number of nitrogens with one attached hydrogen (secondary N) is 1. The Bertz CT molecular complexity index is 1130. The lowest BCUT2D eigenvalue weighted by molar-refractivity contribution is 0.0600. The van der Waals surface area contributed by atoms with Crippen LogP contribution in [0.5, 0.6) is 0 Å². The van der Waals surface area contributed by atoms with Crippen LogP contribution in [0, 0.1) is 0 Å². The van der Waals surface area contributed by atoms with Crippen LogP contribution < -0.4 is 10.5 Å². The number of esters is 1. The second-order valence-corrected chi connectivity index (χ2v) is 7.91. The van der Waals surface area contributed by atoms with Crippen LogP contribution in [0.15, 0.2) is 47.3 Å². The minimum absolute atomic E-state index is 0.172. The molecule has 0 bridgehead atoms. The minimum atomic E-state index is -0.334. The number of nitrogens with zero attached hydrogens (tertiary/aromatic N) is 3. The third-order valence-electron chi connectivity index (χ3n) is 5.49. The molecule has 156 valence electrons. The van der Waals surface area contributed by atoms with Crippen LogP contribution in [0.4, 0.5) is 5.69 Å². The van der Waals surface area contributed by atoms with Gasteiger partial charge < -0.3 is 14.6 Å². The minimum Gasteiger partial charge on any atom is -0.465 e. The highest BCUT2D eigenvalue weighted by Crippen LogP contribution is 2.21. The molecule has 0 aliphatic carbocycles. The van der Waals surface area contributed by atoms with Crippen molar-refractivity contribution < 1.29 is 9.53 Å². The number of aromatic nitrogens is 2. The highest BCUT2D eigenvalue weighted by molar-refractivity contribution is 6.31. The van der Waals surface area contributed by atoms with Crippen LogP contribution in [0.25, 0.3) is 10.9 Å². The maximum Gasteiger partial charge on any atom is 0.337 e. The number of hydrogen-bond donors (Lipinski definition) is 1. The fourth-order valence-electron chi connectivity index (χ4n) is 3.82. The molecule has 1 N–H and O–H groups in total. The number of benzene rings is 2. The van der Waals surface area contributed by atoms with Crippen molar-refractivity contribution in [1.29, 1.82) is 0 Å². The van der Waals surface area contributed by atoms with Crippen molar-refractivity contribution in [1.82, 2.24) is 14.9 Å². The van der Waals surface area contributed by atoms with Gasteiger partial charge in [0.15, 0.2) is 0 Å². The number of methoxy groups -OCH3 is 1. The van der Waals surface area contributed by atoms with Gasteiger partial charge in [0.2, 0.25) is 0 Å². The van der Waals surface area contributed by atoms with Gasteiger partial charge in [0.05, 0.1) is 30.1 Å². The molecule has 0 radical (unpaired) electrons. The second kappa shape index (κ2) is 8.45. The molecule has 1 aliphatic heterocycles. The molecule has 1 fully saturated rings. The zero-order valence-corrected chi connectivity index (χ0v) is 17.6. The molecule has 7 nitrogen and oxygen atoms in total. The van der Waals surface area contributed by atoms with Gasteiger partial charge in [-0.25, -0.2) is 9.78 Å². The van der Waals surface area contributed by atoms with E-state index in [1.54, 1.807) is 30.3 Å². The first-order valence-electron chi connectivity index (χ1n) is 9.80. The van der Waals surface area contributed by atoms with Crippen molar-refractivity contribution in [3.63, 3.8) is 0 Å². The van der Waals surface area contributed by atoms with Crippen LogP contribution in [0.1, 0.15) is 23.1 Å². The Hall–Kier alpha value is -2.90. The number of H-pyrrole nitrogens is 1. The first-order chi connectivity index (χ1) is 14.4. The average molecular weight is 427 g/mol. The van der Waals surface area contributed by atoms with Gasteiger partial charge in [0.1, 0.15) is 5.82 Å². The molecule has 2 heterocycles. The van der Waals surface area contributed by atoms with Gasteiger partial charge in [-0.2, -0.15) is 0 Å². The first-order valence-corrected chi connectivity index (χ1v) is 10.2. The number of ether oxygens (including phenoxy) is 1. The van der Waals surface area contributed by atoms with E-state index < -0.39 is 0 Å².